The molecule has 2 N–H and O–H groups in total. The summed E-state index contributed by atoms with van der Waals surface area (Å²) in [6.45, 7) is 0.669. The van der Waals surface area contributed by atoms with Crippen molar-refractivity contribution in [3.05, 3.63) is 0 Å². The van der Waals surface area contributed by atoms with Crippen LogP contribution in [0.5, 0.6) is 0 Å². The Hall–Kier alpha value is -2.12. The predicted molar refractivity (Wildman–Crippen MR) is 92.1 cm³/mol. The van der Waals surface area contributed by atoms with E-state index >= 15 is 0 Å². The van der Waals surface area contributed by atoms with E-state index in [2.05, 4.69) is 10.6 Å². The van der Waals surface area contributed by atoms with Gasteiger partial charge in [0.15, 0.2) is 0 Å². The molecule has 0 aromatic heterocycles. The maximum absolute atomic E-state index is 12.6. The lowest BCUT2D eigenvalue weighted by atomic mass is 9.98. The third kappa shape index (κ3) is 2.57. The third-order valence-electron chi connectivity index (χ3n) is 6.42. The fourth-order valence-corrected chi connectivity index (χ4v) is 4.93. The van der Waals surface area contributed by atoms with E-state index in [4.69, 9.17) is 0 Å². The second kappa shape index (κ2) is 6.25. The molecular weight excluding hydrogens is 336 g/mol. The number of urea groups is 2. The summed E-state index contributed by atoms with van der Waals surface area (Å²) in [5, 5.41) is 5.73. The van der Waals surface area contributed by atoms with Gasteiger partial charge in [-0.25, -0.2) is 9.59 Å². The monoisotopic (exact) mass is 362 g/mol. The summed E-state index contributed by atoms with van der Waals surface area (Å²) in [5.74, 6) is -0.222. The number of imide groups is 2. The van der Waals surface area contributed by atoms with Gasteiger partial charge in [-0.2, -0.15) is 0 Å². The van der Waals surface area contributed by atoms with Crippen molar-refractivity contribution in [2.75, 3.05) is 13.1 Å². The fourth-order valence-electron chi connectivity index (χ4n) is 4.93. The van der Waals surface area contributed by atoms with Gasteiger partial charge in [0.2, 0.25) is 0 Å². The van der Waals surface area contributed by atoms with Crippen LogP contribution in [0, 0.1) is 0 Å². The highest BCUT2D eigenvalue weighted by molar-refractivity contribution is 6.07. The molecule has 0 aromatic rings. The molecule has 0 aromatic carbocycles. The molecule has 0 radical (unpaired) electrons. The molecule has 142 valence electrons. The van der Waals surface area contributed by atoms with E-state index in [0.29, 0.717) is 25.9 Å². The first-order chi connectivity index (χ1) is 12.5. The lowest BCUT2D eigenvalue weighted by Crippen LogP contribution is -2.44. The maximum atomic E-state index is 12.6. The van der Waals surface area contributed by atoms with Gasteiger partial charge in [0.1, 0.15) is 11.1 Å². The van der Waals surface area contributed by atoms with Crippen LogP contribution >= 0.6 is 0 Å². The van der Waals surface area contributed by atoms with Gasteiger partial charge in [0.25, 0.3) is 11.8 Å². The van der Waals surface area contributed by atoms with Gasteiger partial charge < -0.3 is 10.6 Å². The summed E-state index contributed by atoms with van der Waals surface area (Å²) in [4.78, 5) is 52.0. The van der Waals surface area contributed by atoms with Crippen LogP contribution in [-0.4, -0.2) is 57.8 Å². The summed E-state index contributed by atoms with van der Waals surface area (Å²) >= 11 is 0. The Morgan fingerprint density at radius 1 is 0.654 bits per heavy atom. The van der Waals surface area contributed by atoms with Crippen LogP contribution in [0.1, 0.15) is 64.2 Å². The van der Waals surface area contributed by atoms with E-state index in [1.165, 1.54) is 9.80 Å². The Bertz CT molecular complexity index is 594. The Morgan fingerprint density at radius 3 is 1.35 bits per heavy atom. The zero-order valence-corrected chi connectivity index (χ0v) is 15.0. The number of rotatable bonds is 5. The second-order valence-electron chi connectivity index (χ2n) is 8.06. The normalized spacial score (nSPS) is 26.5. The van der Waals surface area contributed by atoms with Crippen LogP contribution in [0.2, 0.25) is 0 Å². The first kappa shape index (κ1) is 17.3. The van der Waals surface area contributed by atoms with Crippen molar-refractivity contribution in [1.82, 2.24) is 20.4 Å². The highest BCUT2D eigenvalue weighted by Crippen LogP contribution is 2.36. The van der Waals surface area contributed by atoms with Crippen LogP contribution in [0.3, 0.4) is 0 Å². The summed E-state index contributed by atoms with van der Waals surface area (Å²) in [6, 6.07) is -0.617. The minimum atomic E-state index is -0.670. The van der Waals surface area contributed by atoms with Crippen molar-refractivity contribution in [2.45, 2.75) is 75.3 Å². The van der Waals surface area contributed by atoms with Gasteiger partial charge in [-0.3, -0.25) is 19.4 Å². The third-order valence-corrected chi connectivity index (χ3v) is 6.42. The van der Waals surface area contributed by atoms with Gasteiger partial charge in [-0.15, -0.1) is 0 Å². The van der Waals surface area contributed by atoms with E-state index < -0.39 is 11.1 Å². The van der Waals surface area contributed by atoms with Gasteiger partial charge in [-0.05, 0) is 38.5 Å². The Morgan fingerprint density at radius 2 is 1.00 bits per heavy atom. The molecule has 2 spiro atoms. The molecule has 2 aliphatic heterocycles. The summed E-state index contributed by atoms with van der Waals surface area (Å²) < 4.78 is 0. The number of hydrogen-bond acceptors (Lipinski definition) is 4. The van der Waals surface area contributed by atoms with Crippen LogP contribution in [0.25, 0.3) is 0 Å². The van der Waals surface area contributed by atoms with E-state index in [1.807, 2.05) is 0 Å². The number of hydrogen-bond donors (Lipinski definition) is 2. The SMILES string of the molecule is O=C1NC2(CCCC2)C(=O)N1CCCCN1C(=O)NC2(CCCC2)C1=O. The van der Waals surface area contributed by atoms with Crippen molar-refractivity contribution in [3.8, 4) is 0 Å². The molecule has 8 nitrogen and oxygen atoms in total. The van der Waals surface area contributed by atoms with Crippen molar-refractivity contribution in [2.24, 2.45) is 0 Å². The number of carbonyl (C=O) groups excluding carboxylic acids is 4. The number of amides is 6. The average molecular weight is 362 g/mol. The standard InChI is InChI=1S/C18H26N4O4/c23-13-17(7-1-2-8-17)19-15(25)21(13)11-5-6-12-22-14(24)18(20-16(22)26)9-3-4-10-18/h1-12H2,(H,19,25)(H,20,26). The minimum Gasteiger partial charge on any atom is -0.323 e. The van der Waals surface area contributed by atoms with Crippen molar-refractivity contribution < 1.29 is 19.2 Å². The molecule has 0 bridgehead atoms. The van der Waals surface area contributed by atoms with E-state index in [1.54, 1.807) is 0 Å². The Kier molecular flexibility index (Phi) is 4.16. The highest BCUT2D eigenvalue weighted by atomic mass is 16.2. The van der Waals surface area contributed by atoms with Gasteiger partial charge in [-0.1, -0.05) is 25.7 Å². The zero-order valence-electron chi connectivity index (χ0n) is 15.0. The molecular formula is C18H26N4O4. The smallest absolute Gasteiger partial charge is 0.323 e. The molecule has 2 saturated heterocycles. The molecule has 4 fully saturated rings. The Balaban J connectivity index is 1.28. The number of nitrogens with one attached hydrogen (secondary N) is 2. The largest absolute Gasteiger partial charge is 0.325 e. The minimum absolute atomic E-state index is 0.111. The molecule has 8 heteroatoms. The van der Waals surface area contributed by atoms with Gasteiger partial charge >= 0.3 is 12.1 Å². The van der Waals surface area contributed by atoms with E-state index in [0.717, 1.165) is 51.4 Å². The maximum Gasteiger partial charge on any atom is 0.325 e. The molecule has 0 atom stereocenters. The Labute approximate surface area is 152 Å². The molecule has 4 rings (SSSR count). The zero-order chi connectivity index (χ0) is 18.4. The van der Waals surface area contributed by atoms with E-state index in [9.17, 15) is 19.2 Å². The van der Waals surface area contributed by atoms with Gasteiger partial charge in [0, 0.05) is 13.1 Å². The first-order valence-electron chi connectivity index (χ1n) is 9.76. The molecule has 0 unspecified atom stereocenters. The van der Waals surface area contributed by atoms with Gasteiger partial charge in [0.05, 0.1) is 0 Å². The van der Waals surface area contributed by atoms with Crippen molar-refractivity contribution in [1.29, 1.82) is 0 Å². The summed E-state index contributed by atoms with van der Waals surface area (Å²) in [6.07, 6.45) is 7.91. The van der Waals surface area contributed by atoms with Crippen LogP contribution in [0.15, 0.2) is 0 Å². The number of carbonyl (C=O) groups is 4. The first-order valence-corrected chi connectivity index (χ1v) is 9.76. The molecule has 2 heterocycles. The van der Waals surface area contributed by atoms with Crippen LogP contribution in [0.4, 0.5) is 9.59 Å². The lowest BCUT2D eigenvalue weighted by molar-refractivity contribution is -0.132. The molecule has 2 aliphatic carbocycles. The average Bonchev–Trinajstić information content (AvgIpc) is 3.35. The van der Waals surface area contributed by atoms with Crippen LogP contribution < -0.4 is 10.6 Å². The number of nitrogens with zero attached hydrogens (tertiary/aromatic N) is 2. The van der Waals surface area contributed by atoms with Crippen molar-refractivity contribution >= 4 is 23.9 Å². The topological polar surface area (TPSA) is 98.8 Å². The molecule has 26 heavy (non-hydrogen) atoms. The second-order valence-corrected chi connectivity index (χ2v) is 8.06. The molecule has 4 aliphatic rings. The number of unbranched alkanes of at least 4 members (excludes halogenated alkanes) is 1. The van der Waals surface area contributed by atoms with Crippen molar-refractivity contribution in [3.63, 3.8) is 0 Å². The summed E-state index contributed by atoms with van der Waals surface area (Å²) in [7, 11) is 0. The fraction of sp³-hybridized carbons (Fsp3) is 0.778. The summed E-state index contributed by atoms with van der Waals surface area (Å²) in [5.41, 5.74) is -1.34. The lowest BCUT2D eigenvalue weighted by Gasteiger charge is -2.21. The molecule has 6 amide bonds. The van der Waals surface area contributed by atoms with Crippen LogP contribution in [-0.2, 0) is 9.59 Å². The quantitative estimate of drug-likeness (QED) is 0.572. The van der Waals surface area contributed by atoms with E-state index in [-0.39, 0.29) is 23.9 Å². The predicted octanol–water partition coefficient (Wildman–Crippen LogP) is 1.50. The molecule has 2 saturated carbocycles. The highest BCUT2D eigenvalue weighted by Gasteiger charge is 2.53.